The van der Waals surface area contributed by atoms with E-state index in [1.54, 1.807) is 36.0 Å². The fraction of sp³-hybridized carbons (Fsp3) is 0.211. The Kier molecular flexibility index (Phi) is 5.66. The van der Waals surface area contributed by atoms with Gasteiger partial charge >= 0.3 is 0 Å². The van der Waals surface area contributed by atoms with Crippen molar-refractivity contribution < 1.29 is 14.3 Å². The van der Waals surface area contributed by atoms with Gasteiger partial charge in [0.15, 0.2) is 11.5 Å². The summed E-state index contributed by atoms with van der Waals surface area (Å²) in [5, 5.41) is 3.01. The molecule has 1 aromatic heterocycles. The lowest BCUT2D eigenvalue weighted by molar-refractivity contribution is 0.102. The highest BCUT2D eigenvalue weighted by molar-refractivity contribution is 7.99. The van der Waals surface area contributed by atoms with Crippen molar-refractivity contribution in [2.75, 3.05) is 25.3 Å². The van der Waals surface area contributed by atoms with Crippen LogP contribution in [0.5, 0.6) is 11.5 Å². The van der Waals surface area contributed by atoms with Crippen molar-refractivity contribution in [3.63, 3.8) is 0 Å². The Morgan fingerprint density at radius 1 is 1.19 bits per heavy atom. The third-order valence-electron chi connectivity index (χ3n) is 3.87. The van der Waals surface area contributed by atoms with Crippen LogP contribution in [0.4, 0.5) is 5.95 Å². The third-order valence-corrected chi connectivity index (χ3v) is 4.83. The smallest absolute Gasteiger partial charge is 0.260 e. The number of methoxy groups -OCH3 is 2. The summed E-state index contributed by atoms with van der Waals surface area (Å²) in [6, 6.07) is 10.4. The van der Waals surface area contributed by atoms with Crippen LogP contribution in [0.2, 0.25) is 0 Å². The molecule has 0 fully saturated rings. The Labute approximate surface area is 160 Å². The van der Waals surface area contributed by atoms with Crippen molar-refractivity contribution in [1.29, 1.82) is 0 Å². The van der Waals surface area contributed by atoms with Gasteiger partial charge < -0.3 is 9.47 Å². The number of nitrogens with zero attached hydrogens (tertiary/aromatic N) is 1. The minimum Gasteiger partial charge on any atom is -0.493 e. The number of thioether (sulfide) groups is 1. The number of ether oxygens (including phenoxy) is 2. The summed E-state index contributed by atoms with van der Waals surface area (Å²) < 4.78 is 10.5. The van der Waals surface area contributed by atoms with E-state index in [1.165, 1.54) is 14.2 Å². The average Bonchev–Trinajstić information content (AvgIpc) is 2.67. The first-order valence-electron chi connectivity index (χ1n) is 8.26. The van der Waals surface area contributed by atoms with Crippen molar-refractivity contribution in [1.82, 2.24) is 9.97 Å². The highest BCUT2D eigenvalue weighted by atomic mass is 32.2. The van der Waals surface area contributed by atoms with Crippen LogP contribution in [0, 0.1) is 0 Å². The fourth-order valence-corrected chi connectivity index (χ4v) is 3.44. The summed E-state index contributed by atoms with van der Waals surface area (Å²) in [6.07, 6.45) is 0. The van der Waals surface area contributed by atoms with Gasteiger partial charge in [0.25, 0.3) is 11.5 Å². The number of nitrogens with one attached hydrogen (secondary N) is 2. The molecule has 0 spiro atoms. The lowest BCUT2D eigenvalue weighted by atomic mass is 10.2. The van der Waals surface area contributed by atoms with E-state index in [0.717, 1.165) is 10.6 Å². The molecule has 0 aliphatic rings. The zero-order valence-corrected chi connectivity index (χ0v) is 16.0. The van der Waals surface area contributed by atoms with Crippen LogP contribution in [0.1, 0.15) is 17.3 Å². The molecule has 7 nitrogen and oxygen atoms in total. The molecule has 2 N–H and O–H groups in total. The van der Waals surface area contributed by atoms with Gasteiger partial charge in [0.1, 0.15) is 0 Å². The second-order valence-electron chi connectivity index (χ2n) is 5.52. The average molecular weight is 385 g/mol. The molecule has 0 saturated carbocycles. The summed E-state index contributed by atoms with van der Waals surface area (Å²) in [5.41, 5.74) is 0.537. The first-order chi connectivity index (χ1) is 13.1. The molecule has 0 saturated heterocycles. The quantitative estimate of drug-likeness (QED) is 0.633. The number of rotatable bonds is 6. The maximum atomic E-state index is 12.6. The van der Waals surface area contributed by atoms with Gasteiger partial charge in [-0.25, -0.2) is 4.98 Å². The standard InChI is InChI=1S/C19H19N3O4S/c1-4-27-16-8-6-5-7-11(16)17(23)21-19-20-13-10-15(26-3)14(25-2)9-12(13)18(24)22-19/h5-10H,4H2,1-3H3,(H2,20,21,22,23,24). The summed E-state index contributed by atoms with van der Waals surface area (Å²) >= 11 is 1.57. The van der Waals surface area contributed by atoms with Gasteiger partial charge in [-0.3, -0.25) is 19.9 Å². The Morgan fingerprint density at radius 3 is 2.59 bits per heavy atom. The molecule has 27 heavy (non-hydrogen) atoms. The molecule has 0 aliphatic carbocycles. The van der Waals surface area contributed by atoms with Crippen molar-refractivity contribution in [3.8, 4) is 11.5 Å². The molecule has 0 aliphatic heterocycles. The number of hydrogen-bond acceptors (Lipinski definition) is 6. The van der Waals surface area contributed by atoms with E-state index in [4.69, 9.17) is 9.47 Å². The number of amides is 1. The molecule has 1 heterocycles. The van der Waals surface area contributed by atoms with E-state index in [2.05, 4.69) is 15.3 Å². The monoisotopic (exact) mass is 385 g/mol. The number of H-pyrrole nitrogens is 1. The number of aromatic amines is 1. The molecule has 3 rings (SSSR count). The Balaban J connectivity index is 1.98. The normalized spacial score (nSPS) is 10.6. The van der Waals surface area contributed by atoms with Gasteiger partial charge in [-0.2, -0.15) is 0 Å². The van der Waals surface area contributed by atoms with Crippen LogP contribution in [-0.4, -0.2) is 35.8 Å². The lowest BCUT2D eigenvalue weighted by Gasteiger charge is -2.11. The molecule has 0 atom stereocenters. The third kappa shape index (κ3) is 3.90. The minimum atomic E-state index is -0.382. The zero-order valence-electron chi connectivity index (χ0n) is 15.2. The van der Waals surface area contributed by atoms with Crippen molar-refractivity contribution in [2.45, 2.75) is 11.8 Å². The van der Waals surface area contributed by atoms with E-state index < -0.39 is 0 Å². The van der Waals surface area contributed by atoms with E-state index >= 15 is 0 Å². The van der Waals surface area contributed by atoms with E-state index in [1.807, 2.05) is 19.1 Å². The molecule has 1 amide bonds. The molecule has 140 valence electrons. The van der Waals surface area contributed by atoms with Gasteiger partial charge in [-0.05, 0) is 24.0 Å². The largest absolute Gasteiger partial charge is 0.493 e. The topological polar surface area (TPSA) is 93.3 Å². The highest BCUT2D eigenvalue weighted by Gasteiger charge is 2.15. The van der Waals surface area contributed by atoms with E-state index in [-0.39, 0.29) is 17.4 Å². The van der Waals surface area contributed by atoms with Crippen LogP contribution >= 0.6 is 11.8 Å². The summed E-state index contributed by atoms with van der Waals surface area (Å²) in [5.74, 6) is 1.46. The van der Waals surface area contributed by atoms with Gasteiger partial charge in [0.05, 0.1) is 30.7 Å². The summed E-state index contributed by atoms with van der Waals surface area (Å²) in [6.45, 7) is 2.02. The van der Waals surface area contributed by atoms with Gasteiger partial charge in [-0.15, -0.1) is 11.8 Å². The molecule has 0 radical (unpaired) electrons. The second kappa shape index (κ2) is 8.13. The SMILES string of the molecule is CCSc1ccccc1C(=O)Nc1nc2cc(OC)c(OC)cc2c(=O)[nH]1. The number of anilines is 1. The van der Waals surface area contributed by atoms with Crippen LogP contribution in [0.3, 0.4) is 0 Å². The predicted octanol–water partition coefficient (Wildman–Crippen LogP) is 3.30. The van der Waals surface area contributed by atoms with Crippen molar-refractivity contribution in [3.05, 3.63) is 52.3 Å². The van der Waals surface area contributed by atoms with Gasteiger partial charge in [0.2, 0.25) is 5.95 Å². The maximum absolute atomic E-state index is 12.6. The molecule has 2 aromatic carbocycles. The fourth-order valence-electron chi connectivity index (χ4n) is 2.64. The van der Waals surface area contributed by atoms with Crippen LogP contribution in [-0.2, 0) is 0 Å². The first kappa shape index (κ1) is 18.8. The summed E-state index contributed by atoms with van der Waals surface area (Å²) in [7, 11) is 2.99. The molecule has 3 aromatic rings. The second-order valence-corrected chi connectivity index (χ2v) is 6.83. The number of benzene rings is 2. The molecular formula is C19H19N3O4S. The zero-order chi connectivity index (χ0) is 19.4. The number of carbonyl (C=O) groups excluding carboxylic acids is 1. The summed E-state index contributed by atoms with van der Waals surface area (Å²) in [4.78, 5) is 32.8. The molecular weight excluding hydrogens is 366 g/mol. The number of carbonyl (C=O) groups is 1. The number of aromatic nitrogens is 2. The van der Waals surface area contributed by atoms with Crippen molar-refractivity contribution in [2.24, 2.45) is 0 Å². The van der Waals surface area contributed by atoms with E-state index in [0.29, 0.717) is 28.0 Å². The Bertz CT molecular complexity index is 1050. The Hall–Kier alpha value is -3.00. The van der Waals surface area contributed by atoms with Crippen LogP contribution < -0.4 is 20.3 Å². The van der Waals surface area contributed by atoms with Gasteiger partial charge in [0, 0.05) is 11.0 Å². The molecule has 8 heteroatoms. The molecule has 0 unspecified atom stereocenters. The number of fused-ring (bicyclic) bond motifs is 1. The first-order valence-corrected chi connectivity index (χ1v) is 9.25. The van der Waals surface area contributed by atoms with Crippen LogP contribution in [0.25, 0.3) is 10.9 Å². The Morgan fingerprint density at radius 2 is 1.89 bits per heavy atom. The minimum absolute atomic E-state index is 0.0704. The van der Waals surface area contributed by atoms with Crippen LogP contribution in [0.15, 0.2) is 46.1 Å². The highest BCUT2D eigenvalue weighted by Crippen LogP contribution is 2.30. The van der Waals surface area contributed by atoms with Crippen molar-refractivity contribution >= 4 is 34.5 Å². The molecule has 0 bridgehead atoms. The van der Waals surface area contributed by atoms with Gasteiger partial charge in [-0.1, -0.05) is 19.1 Å². The predicted molar refractivity (Wildman–Crippen MR) is 106 cm³/mol. The maximum Gasteiger partial charge on any atom is 0.260 e. The lowest BCUT2D eigenvalue weighted by Crippen LogP contribution is -2.19. The number of hydrogen-bond donors (Lipinski definition) is 2. The van der Waals surface area contributed by atoms with E-state index in [9.17, 15) is 9.59 Å².